The van der Waals surface area contributed by atoms with Gasteiger partial charge in [-0.3, -0.25) is 9.59 Å². The van der Waals surface area contributed by atoms with Crippen LogP contribution in [-0.2, 0) is 4.79 Å². The number of aliphatic carboxylic acids is 1. The first kappa shape index (κ1) is 11.9. The molecular formula is C9H10N2O5. The van der Waals surface area contributed by atoms with Gasteiger partial charge in [0.05, 0.1) is 6.61 Å². The van der Waals surface area contributed by atoms with E-state index in [9.17, 15) is 14.4 Å². The van der Waals surface area contributed by atoms with Crippen molar-refractivity contribution in [2.45, 2.75) is 6.04 Å². The fraction of sp³-hybridized carbons (Fsp3) is 0.222. The standard InChI is InChI=1S/C9H10N2O5/c12-4-6(9(15)16)11-8(14)5-1-2-10-7(13)3-5/h1-3,6,12H,4H2,(H,10,13)(H,11,14)(H,15,16)/t6-/m0/s1. The topological polar surface area (TPSA) is 119 Å². The van der Waals surface area contributed by atoms with Crippen LogP contribution >= 0.6 is 0 Å². The molecule has 0 saturated heterocycles. The molecule has 1 amide bonds. The lowest BCUT2D eigenvalue weighted by atomic mass is 10.2. The Morgan fingerprint density at radius 2 is 2.19 bits per heavy atom. The minimum atomic E-state index is -1.38. The van der Waals surface area contributed by atoms with Crippen LogP contribution < -0.4 is 10.9 Å². The highest BCUT2D eigenvalue weighted by atomic mass is 16.4. The Labute approximate surface area is 89.7 Å². The molecular weight excluding hydrogens is 216 g/mol. The first-order valence-electron chi connectivity index (χ1n) is 4.38. The number of H-pyrrole nitrogens is 1. The van der Waals surface area contributed by atoms with Gasteiger partial charge in [-0.2, -0.15) is 0 Å². The number of nitrogens with one attached hydrogen (secondary N) is 2. The van der Waals surface area contributed by atoms with E-state index in [1.165, 1.54) is 12.3 Å². The molecule has 0 spiro atoms. The van der Waals surface area contributed by atoms with Crippen molar-refractivity contribution in [2.75, 3.05) is 6.61 Å². The van der Waals surface area contributed by atoms with Crippen molar-refractivity contribution in [1.82, 2.24) is 10.3 Å². The molecule has 0 bridgehead atoms. The van der Waals surface area contributed by atoms with Crippen LogP contribution in [0.5, 0.6) is 0 Å². The molecule has 0 aromatic carbocycles. The highest BCUT2D eigenvalue weighted by Gasteiger charge is 2.19. The Bertz CT molecular complexity index is 453. The molecule has 86 valence electrons. The average molecular weight is 226 g/mol. The van der Waals surface area contributed by atoms with Crippen LogP contribution in [0.15, 0.2) is 23.1 Å². The summed E-state index contributed by atoms with van der Waals surface area (Å²) < 4.78 is 0. The Morgan fingerprint density at radius 3 is 2.69 bits per heavy atom. The van der Waals surface area contributed by atoms with E-state index in [1.54, 1.807) is 0 Å². The zero-order valence-corrected chi connectivity index (χ0v) is 8.14. The molecule has 7 nitrogen and oxygen atoms in total. The number of carbonyl (C=O) groups excluding carboxylic acids is 1. The number of aromatic amines is 1. The van der Waals surface area contributed by atoms with Gasteiger partial charge in [0.15, 0.2) is 6.04 Å². The van der Waals surface area contributed by atoms with E-state index in [0.717, 1.165) is 6.07 Å². The number of carbonyl (C=O) groups is 2. The molecule has 1 aromatic rings. The summed E-state index contributed by atoms with van der Waals surface area (Å²) in [6, 6.07) is 0.977. The van der Waals surface area contributed by atoms with Crippen LogP contribution in [0.3, 0.4) is 0 Å². The monoisotopic (exact) mass is 226 g/mol. The first-order chi connectivity index (χ1) is 7.54. The zero-order valence-electron chi connectivity index (χ0n) is 8.14. The van der Waals surface area contributed by atoms with E-state index in [0.29, 0.717) is 0 Å². The Balaban J connectivity index is 2.79. The minimum absolute atomic E-state index is 0.0310. The molecule has 0 aliphatic rings. The third-order valence-corrected chi connectivity index (χ3v) is 1.82. The third kappa shape index (κ3) is 2.92. The Hall–Kier alpha value is -2.15. The first-order valence-corrected chi connectivity index (χ1v) is 4.38. The van der Waals surface area contributed by atoms with E-state index in [1.807, 2.05) is 0 Å². The predicted octanol–water partition coefficient (Wildman–Crippen LogP) is -1.45. The lowest BCUT2D eigenvalue weighted by Crippen LogP contribution is -2.43. The lowest BCUT2D eigenvalue weighted by Gasteiger charge is -2.10. The highest BCUT2D eigenvalue weighted by molar-refractivity contribution is 5.96. The number of hydrogen-bond donors (Lipinski definition) is 4. The van der Waals surface area contributed by atoms with Gasteiger partial charge in [0.2, 0.25) is 5.56 Å². The number of aromatic nitrogens is 1. The summed E-state index contributed by atoms with van der Waals surface area (Å²) in [7, 11) is 0. The van der Waals surface area contributed by atoms with Gasteiger partial charge in [0.1, 0.15) is 0 Å². The number of amides is 1. The van der Waals surface area contributed by atoms with Gasteiger partial charge < -0.3 is 20.5 Å². The third-order valence-electron chi connectivity index (χ3n) is 1.82. The van der Waals surface area contributed by atoms with Crippen molar-refractivity contribution in [2.24, 2.45) is 0 Å². The molecule has 1 aromatic heterocycles. The van der Waals surface area contributed by atoms with Gasteiger partial charge in [-0.05, 0) is 6.07 Å². The maximum absolute atomic E-state index is 11.4. The smallest absolute Gasteiger partial charge is 0.328 e. The van der Waals surface area contributed by atoms with Crippen LogP contribution in [0.1, 0.15) is 10.4 Å². The van der Waals surface area contributed by atoms with E-state index in [4.69, 9.17) is 10.2 Å². The summed E-state index contributed by atoms with van der Waals surface area (Å²) in [4.78, 5) is 35.2. The minimum Gasteiger partial charge on any atom is -0.480 e. The number of carboxylic acids is 1. The van der Waals surface area contributed by atoms with E-state index < -0.39 is 30.1 Å². The molecule has 4 N–H and O–H groups in total. The summed E-state index contributed by atoms with van der Waals surface area (Å²) in [5, 5.41) is 19.3. The van der Waals surface area contributed by atoms with Gasteiger partial charge >= 0.3 is 5.97 Å². The molecule has 0 aliphatic heterocycles. The van der Waals surface area contributed by atoms with Crippen molar-refractivity contribution in [3.8, 4) is 0 Å². The molecule has 0 fully saturated rings. The van der Waals surface area contributed by atoms with Gasteiger partial charge in [-0.25, -0.2) is 4.79 Å². The number of hydrogen-bond acceptors (Lipinski definition) is 4. The number of rotatable bonds is 4. The molecule has 0 saturated carbocycles. The molecule has 0 aliphatic carbocycles. The fourth-order valence-corrected chi connectivity index (χ4v) is 1.01. The lowest BCUT2D eigenvalue weighted by molar-refractivity contribution is -0.140. The molecule has 16 heavy (non-hydrogen) atoms. The fourth-order valence-electron chi connectivity index (χ4n) is 1.01. The number of aliphatic hydroxyl groups excluding tert-OH is 1. The number of pyridine rings is 1. The summed E-state index contributed by atoms with van der Waals surface area (Å²) in [5.41, 5.74) is -0.438. The summed E-state index contributed by atoms with van der Waals surface area (Å²) in [5.74, 6) is -2.08. The second-order valence-corrected chi connectivity index (χ2v) is 2.99. The molecule has 0 unspecified atom stereocenters. The van der Waals surface area contributed by atoms with Gasteiger partial charge in [0, 0.05) is 17.8 Å². The predicted molar refractivity (Wildman–Crippen MR) is 53.0 cm³/mol. The van der Waals surface area contributed by atoms with Crippen molar-refractivity contribution in [3.63, 3.8) is 0 Å². The van der Waals surface area contributed by atoms with Gasteiger partial charge in [0.25, 0.3) is 5.91 Å². The maximum Gasteiger partial charge on any atom is 0.328 e. The second-order valence-electron chi connectivity index (χ2n) is 2.99. The maximum atomic E-state index is 11.4. The van der Waals surface area contributed by atoms with Crippen molar-refractivity contribution < 1.29 is 19.8 Å². The highest BCUT2D eigenvalue weighted by Crippen LogP contribution is 1.94. The largest absolute Gasteiger partial charge is 0.480 e. The van der Waals surface area contributed by atoms with E-state index in [2.05, 4.69) is 10.3 Å². The van der Waals surface area contributed by atoms with E-state index >= 15 is 0 Å². The zero-order chi connectivity index (χ0) is 12.1. The van der Waals surface area contributed by atoms with Crippen LogP contribution in [-0.4, -0.2) is 39.7 Å². The number of aliphatic hydroxyl groups is 1. The SMILES string of the molecule is O=C(N[C@@H](CO)C(=O)O)c1cc[nH]c(=O)c1. The Morgan fingerprint density at radius 1 is 1.50 bits per heavy atom. The summed E-state index contributed by atoms with van der Waals surface area (Å²) in [6.45, 7) is -0.718. The molecule has 1 atom stereocenters. The van der Waals surface area contributed by atoms with Gasteiger partial charge in [-0.1, -0.05) is 0 Å². The van der Waals surface area contributed by atoms with Crippen LogP contribution in [0.25, 0.3) is 0 Å². The van der Waals surface area contributed by atoms with E-state index in [-0.39, 0.29) is 5.56 Å². The van der Waals surface area contributed by atoms with Crippen molar-refractivity contribution in [3.05, 3.63) is 34.2 Å². The molecule has 0 radical (unpaired) electrons. The van der Waals surface area contributed by atoms with Crippen LogP contribution in [0, 0.1) is 0 Å². The van der Waals surface area contributed by atoms with Crippen LogP contribution in [0.2, 0.25) is 0 Å². The normalized spacial score (nSPS) is 11.8. The quantitative estimate of drug-likeness (QED) is 0.500. The average Bonchev–Trinajstić information content (AvgIpc) is 2.25. The summed E-state index contributed by atoms with van der Waals surface area (Å²) in [6.07, 6.45) is 1.27. The second kappa shape index (κ2) is 5.08. The Kier molecular flexibility index (Phi) is 3.78. The number of carboxylic acid groups (broad SMARTS) is 1. The van der Waals surface area contributed by atoms with Crippen molar-refractivity contribution in [1.29, 1.82) is 0 Å². The van der Waals surface area contributed by atoms with Crippen molar-refractivity contribution >= 4 is 11.9 Å². The molecule has 1 heterocycles. The molecule has 1 rings (SSSR count). The van der Waals surface area contributed by atoms with Gasteiger partial charge in [-0.15, -0.1) is 0 Å². The van der Waals surface area contributed by atoms with Crippen LogP contribution in [0.4, 0.5) is 0 Å². The molecule has 7 heteroatoms. The summed E-state index contributed by atoms with van der Waals surface area (Å²) >= 11 is 0.